The van der Waals surface area contributed by atoms with E-state index in [1.165, 1.54) is 0 Å². The first-order chi connectivity index (χ1) is 12.2. The van der Waals surface area contributed by atoms with Crippen LogP contribution in [-0.2, 0) is 0 Å². The highest BCUT2D eigenvalue weighted by Crippen LogP contribution is 2.26. The lowest BCUT2D eigenvalue weighted by molar-refractivity contribution is 0.730. The van der Waals surface area contributed by atoms with Gasteiger partial charge in [0.05, 0.1) is 0 Å². The number of benzene rings is 3. The molecule has 0 aromatic heterocycles. The monoisotopic (exact) mass is 331 g/mol. The van der Waals surface area contributed by atoms with E-state index in [-0.39, 0.29) is 11.7 Å². The van der Waals surface area contributed by atoms with Gasteiger partial charge in [-0.25, -0.2) is 4.39 Å². The van der Waals surface area contributed by atoms with Crippen LogP contribution in [0.3, 0.4) is 0 Å². The fraction of sp³-hybridized carbons (Fsp3) is 0.130. The van der Waals surface area contributed by atoms with E-state index in [0.717, 1.165) is 11.3 Å². The fourth-order valence-corrected chi connectivity index (χ4v) is 2.91. The maximum atomic E-state index is 14.8. The molecule has 25 heavy (non-hydrogen) atoms. The van der Waals surface area contributed by atoms with E-state index in [2.05, 4.69) is 29.2 Å². The average Bonchev–Trinajstić information content (AvgIpc) is 2.69. The van der Waals surface area contributed by atoms with E-state index in [4.69, 9.17) is 0 Å². The highest BCUT2D eigenvalue weighted by atomic mass is 19.1. The van der Waals surface area contributed by atoms with Crippen molar-refractivity contribution in [1.29, 1.82) is 0 Å². The van der Waals surface area contributed by atoms with Crippen LogP contribution in [-0.4, -0.2) is 13.6 Å². The van der Waals surface area contributed by atoms with Crippen LogP contribution in [0, 0.1) is 0 Å². The van der Waals surface area contributed by atoms with Crippen LogP contribution in [0.2, 0.25) is 0 Å². The molecule has 0 aliphatic heterocycles. The summed E-state index contributed by atoms with van der Waals surface area (Å²) >= 11 is 0. The number of hydrogen-bond acceptors (Lipinski definition) is 1. The Hall–Kier alpha value is -2.87. The number of halogens is 1. The maximum Gasteiger partial charge on any atom is 0.127 e. The number of likely N-dealkylation sites (N-methyl/N-ethyl adjacent to an activating group) is 1. The van der Waals surface area contributed by atoms with E-state index < -0.39 is 0 Å². The summed E-state index contributed by atoms with van der Waals surface area (Å²) in [5.74, 6) is -0.220. The van der Waals surface area contributed by atoms with Gasteiger partial charge in [-0.2, -0.15) is 0 Å². The van der Waals surface area contributed by atoms with Gasteiger partial charge in [-0.1, -0.05) is 78.9 Å². The number of nitrogens with zero attached hydrogens (tertiary/aromatic N) is 1. The first-order valence-corrected chi connectivity index (χ1v) is 8.48. The molecule has 0 fully saturated rings. The Morgan fingerprint density at radius 3 is 1.96 bits per heavy atom. The molecule has 3 rings (SSSR count). The van der Waals surface area contributed by atoms with Crippen LogP contribution in [0.4, 0.5) is 10.1 Å². The molecule has 3 aromatic carbocycles. The summed E-state index contributed by atoms with van der Waals surface area (Å²) in [4.78, 5) is 2.16. The Bertz CT molecular complexity index is 797. The van der Waals surface area contributed by atoms with Gasteiger partial charge in [-0.3, -0.25) is 0 Å². The Morgan fingerprint density at radius 2 is 1.36 bits per heavy atom. The van der Waals surface area contributed by atoms with Crippen molar-refractivity contribution in [3.05, 3.63) is 108 Å². The van der Waals surface area contributed by atoms with Crippen molar-refractivity contribution in [2.24, 2.45) is 0 Å². The zero-order valence-corrected chi connectivity index (χ0v) is 14.3. The van der Waals surface area contributed by atoms with E-state index in [0.29, 0.717) is 12.1 Å². The molecular formula is C23H22FN. The summed E-state index contributed by atoms with van der Waals surface area (Å²) in [6, 6.07) is 29.5. The van der Waals surface area contributed by atoms with Gasteiger partial charge < -0.3 is 4.90 Å². The standard InChI is InChI=1S/C23H22FN/c1-25(22-15-9-4-10-16-22)18-21(19-11-5-2-6-12-19)17-23(24)20-13-7-3-8-14-20/h2-17,21H,18H2,1H3/t21-/m0/s1. The van der Waals surface area contributed by atoms with Gasteiger partial charge in [0.25, 0.3) is 0 Å². The third kappa shape index (κ3) is 4.57. The van der Waals surface area contributed by atoms with Gasteiger partial charge >= 0.3 is 0 Å². The van der Waals surface area contributed by atoms with Gasteiger partial charge in [0.2, 0.25) is 0 Å². The summed E-state index contributed by atoms with van der Waals surface area (Å²) in [5, 5.41) is 0. The third-order valence-electron chi connectivity index (χ3n) is 4.29. The minimum Gasteiger partial charge on any atom is -0.374 e. The van der Waals surface area contributed by atoms with Crippen molar-refractivity contribution in [3.63, 3.8) is 0 Å². The van der Waals surface area contributed by atoms with Crippen molar-refractivity contribution < 1.29 is 4.39 Å². The van der Waals surface area contributed by atoms with Crippen LogP contribution >= 0.6 is 0 Å². The van der Waals surface area contributed by atoms with Gasteiger partial charge in [-0.15, -0.1) is 0 Å². The molecule has 0 aliphatic rings. The lowest BCUT2D eigenvalue weighted by Gasteiger charge is -2.24. The molecule has 2 heteroatoms. The van der Waals surface area contributed by atoms with Crippen molar-refractivity contribution in [2.45, 2.75) is 5.92 Å². The molecule has 0 N–H and O–H groups in total. The summed E-state index contributed by atoms with van der Waals surface area (Å²) < 4.78 is 14.8. The van der Waals surface area contributed by atoms with Gasteiger partial charge in [0.1, 0.15) is 5.83 Å². The zero-order chi connectivity index (χ0) is 17.5. The lowest BCUT2D eigenvalue weighted by atomic mass is 9.96. The van der Waals surface area contributed by atoms with Gasteiger partial charge in [0, 0.05) is 30.8 Å². The Kier molecular flexibility index (Phi) is 5.63. The Balaban J connectivity index is 1.88. The predicted molar refractivity (Wildman–Crippen MR) is 104 cm³/mol. The number of hydrogen-bond donors (Lipinski definition) is 0. The molecule has 0 spiro atoms. The highest BCUT2D eigenvalue weighted by molar-refractivity contribution is 5.60. The number of anilines is 1. The van der Waals surface area contributed by atoms with E-state index in [9.17, 15) is 4.39 Å². The number of rotatable bonds is 6. The van der Waals surface area contributed by atoms with Crippen LogP contribution in [0.15, 0.2) is 97.1 Å². The van der Waals surface area contributed by atoms with Crippen molar-refractivity contribution in [3.8, 4) is 0 Å². The van der Waals surface area contributed by atoms with Crippen molar-refractivity contribution in [2.75, 3.05) is 18.5 Å². The maximum absolute atomic E-state index is 14.8. The molecule has 0 heterocycles. The molecule has 126 valence electrons. The summed E-state index contributed by atoms with van der Waals surface area (Å²) in [6.45, 7) is 0.703. The Morgan fingerprint density at radius 1 is 0.840 bits per heavy atom. The second kappa shape index (κ2) is 8.29. The molecule has 1 nitrogen and oxygen atoms in total. The molecule has 0 amide bonds. The summed E-state index contributed by atoms with van der Waals surface area (Å²) in [7, 11) is 2.04. The summed E-state index contributed by atoms with van der Waals surface area (Å²) in [5.41, 5.74) is 2.85. The van der Waals surface area contributed by atoms with Crippen LogP contribution in [0.25, 0.3) is 5.83 Å². The summed E-state index contributed by atoms with van der Waals surface area (Å²) in [6.07, 6.45) is 1.73. The van der Waals surface area contributed by atoms with E-state index >= 15 is 0 Å². The first kappa shape index (κ1) is 17.0. The van der Waals surface area contributed by atoms with Gasteiger partial charge in [0.15, 0.2) is 0 Å². The molecule has 0 saturated carbocycles. The van der Waals surface area contributed by atoms with Crippen LogP contribution in [0.5, 0.6) is 0 Å². The third-order valence-corrected chi connectivity index (χ3v) is 4.29. The largest absolute Gasteiger partial charge is 0.374 e. The van der Waals surface area contributed by atoms with Gasteiger partial charge in [-0.05, 0) is 23.8 Å². The second-order valence-electron chi connectivity index (χ2n) is 6.11. The highest BCUT2D eigenvalue weighted by Gasteiger charge is 2.14. The van der Waals surface area contributed by atoms with Crippen LogP contribution < -0.4 is 4.90 Å². The molecule has 0 radical (unpaired) electrons. The molecule has 0 unspecified atom stereocenters. The molecule has 0 bridgehead atoms. The molecule has 0 saturated heterocycles. The normalized spacial score (nSPS) is 12.6. The zero-order valence-electron chi connectivity index (χ0n) is 14.3. The molecule has 1 atom stereocenters. The fourth-order valence-electron chi connectivity index (χ4n) is 2.91. The second-order valence-corrected chi connectivity index (χ2v) is 6.11. The smallest absolute Gasteiger partial charge is 0.127 e. The average molecular weight is 331 g/mol. The van der Waals surface area contributed by atoms with Crippen LogP contribution in [0.1, 0.15) is 17.0 Å². The van der Waals surface area contributed by atoms with E-state index in [1.54, 1.807) is 18.2 Å². The lowest BCUT2D eigenvalue weighted by Crippen LogP contribution is -2.23. The quantitative estimate of drug-likeness (QED) is 0.542. The minimum atomic E-state index is -0.184. The Labute approximate surface area is 149 Å². The van der Waals surface area contributed by atoms with E-state index in [1.807, 2.05) is 61.6 Å². The SMILES string of the molecule is CN(C[C@H](C=C(F)c1ccccc1)c1ccccc1)c1ccccc1. The minimum absolute atomic E-state index is 0.0355. The molecule has 3 aromatic rings. The molecular weight excluding hydrogens is 309 g/mol. The number of para-hydroxylation sites is 1. The predicted octanol–water partition coefficient (Wildman–Crippen LogP) is 5.92. The van der Waals surface area contributed by atoms with Crippen molar-refractivity contribution in [1.82, 2.24) is 0 Å². The van der Waals surface area contributed by atoms with Crippen molar-refractivity contribution >= 4 is 11.5 Å². The molecule has 0 aliphatic carbocycles. The topological polar surface area (TPSA) is 3.24 Å². The first-order valence-electron chi connectivity index (χ1n) is 8.48.